The van der Waals surface area contributed by atoms with E-state index in [0.717, 1.165) is 31.0 Å². The molecule has 1 saturated heterocycles. The van der Waals surface area contributed by atoms with Crippen molar-refractivity contribution < 1.29 is 27.4 Å². The van der Waals surface area contributed by atoms with Gasteiger partial charge in [0.2, 0.25) is 5.88 Å². The van der Waals surface area contributed by atoms with Crippen LogP contribution in [0.25, 0.3) is 0 Å². The van der Waals surface area contributed by atoms with Gasteiger partial charge in [0, 0.05) is 24.7 Å². The molecule has 0 spiro atoms. The SMILES string of the molecule is Cc1nc(OCCNC(=O)c2cccc(C(F)(F)F)c2)cc(N2CCOCC2)n1. The topological polar surface area (TPSA) is 76.6 Å². The van der Waals surface area contributed by atoms with E-state index in [9.17, 15) is 18.0 Å². The van der Waals surface area contributed by atoms with Crippen molar-refractivity contribution in [2.75, 3.05) is 44.4 Å². The van der Waals surface area contributed by atoms with Crippen molar-refractivity contribution in [3.8, 4) is 5.88 Å². The molecule has 0 aliphatic carbocycles. The zero-order valence-corrected chi connectivity index (χ0v) is 15.8. The van der Waals surface area contributed by atoms with E-state index in [1.807, 2.05) is 0 Å². The summed E-state index contributed by atoms with van der Waals surface area (Å²) < 4.78 is 49.2. The maximum Gasteiger partial charge on any atom is 0.416 e. The third kappa shape index (κ3) is 5.80. The fraction of sp³-hybridized carbons (Fsp3) is 0.421. The lowest BCUT2D eigenvalue weighted by molar-refractivity contribution is -0.137. The van der Waals surface area contributed by atoms with Crippen molar-refractivity contribution in [1.29, 1.82) is 0 Å². The van der Waals surface area contributed by atoms with Crippen LogP contribution in [0, 0.1) is 6.92 Å². The summed E-state index contributed by atoms with van der Waals surface area (Å²) in [6.45, 7) is 4.69. The number of ether oxygens (including phenoxy) is 2. The highest BCUT2D eigenvalue weighted by Crippen LogP contribution is 2.29. The maximum absolute atomic E-state index is 12.8. The Hall–Kier alpha value is -2.88. The number of nitrogens with one attached hydrogen (secondary N) is 1. The number of rotatable bonds is 6. The molecule has 7 nitrogen and oxygen atoms in total. The minimum absolute atomic E-state index is 0.0627. The lowest BCUT2D eigenvalue weighted by atomic mass is 10.1. The number of carbonyl (C=O) groups excluding carboxylic acids is 1. The van der Waals surface area contributed by atoms with Crippen molar-refractivity contribution in [3.05, 3.63) is 47.3 Å². The zero-order chi connectivity index (χ0) is 20.9. The highest BCUT2D eigenvalue weighted by Gasteiger charge is 2.30. The van der Waals surface area contributed by atoms with Gasteiger partial charge in [-0.15, -0.1) is 0 Å². The first-order valence-electron chi connectivity index (χ1n) is 9.09. The van der Waals surface area contributed by atoms with E-state index in [1.165, 1.54) is 12.1 Å². The van der Waals surface area contributed by atoms with Gasteiger partial charge >= 0.3 is 6.18 Å². The van der Waals surface area contributed by atoms with Gasteiger partial charge in [0.1, 0.15) is 18.2 Å². The summed E-state index contributed by atoms with van der Waals surface area (Å²) in [7, 11) is 0. The standard InChI is InChI=1S/C19H21F3N4O3/c1-13-24-16(26-6-9-28-10-7-26)12-17(25-13)29-8-5-23-18(27)14-3-2-4-15(11-14)19(20,21)22/h2-4,11-12H,5-10H2,1H3,(H,23,27). The van der Waals surface area contributed by atoms with Crippen LogP contribution in [0.15, 0.2) is 30.3 Å². The highest BCUT2D eigenvalue weighted by molar-refractivity contribution is 5.94. The summed E-state index contributed by atoms with van der Waals surface area (Å²) in [5, 5.41) is 2.54. The first kappa shape index (κ1) is 20.8. The van der Waals surface area contributed by atoms with Crippen molar-refractivity contribution in [3.63, 3.8) is 0 Å². The molecule has 1 aliphatic rings. The van der Waals surface area contributed by atoms with E-state index in [1.54, 1.807) is 13.0 Å². The number of hydrogen-bond donors (Lipinski definition) is 1. The summed E-state index contributed by atoms with van der Waals surface area (Å²) in [6, 6.07) is 5.98. The smallest absolute Gasteiger partial charge is 0.416 e. The fourth-order valence-corrected chi connectivity index (χ4v) is 2.81. The van der Waals surface area contributed by atoms with E-state index in [4.69, 9.17) is 9.47 Å². The molecule has 0 radical (unpaired) electrons. The van der Waals surface area contributed by atoms with Crippen LogP contribution in [0.5, 0.6) is 5.88 Å². The third-order valence-electron chi connectivity index (χ3n) is 4.23. The van der Waals surface area contributed by atoms with Gasteiger partial charge in [-0.2, -0.15) is 18.2 Å². The van der Waals surface area contributed by atoms with Gasteiger partial charge in [0.05, 0.1) is 25.3 Å². The van der Waals surface area contributed by atoms with E-state index >= 15 is 0 Å². The summed E-state index contributed by atoms with van der Waals surface area (Å²) >= 11 is 0. The molecular formula is C19H21F3N4O3. The number of benzene rings is 1. The van der Waals surface area contributed by atoms with Crippen LogP contribution < -0.4 is 15.0 Å². The molecule has 1 N–H and O–H groups in total. The molecular weight excluding hydrogens is 389 g/mol. The number of aryl methyl sites for hydroxylation is 1. The molecule has 1 fully saturated rings. The number of morpholine rings is 1. The molecule has 156 valence electrons. The lowest BCUT2D eigenvalue weighted by Gasteiger charge is -2.28. The van der Waals surface area contributed by atoms with Gasteiger partial charge in [-0.3, -0.25) is 4.79 Å². The molecule has 3 rings (SSSR count). The Kier molecular flexibility index (Phi) is 6.53. The fourth-order valence-electron chi connectivity index (χ4n) is 2.81. The first-order chi connectivity index (χ1) is 13.8. The molecule has 2 aromatic rings. The molecule has 1 aliphatic heterocycles. The highest BCUT2D eigenvalue weighted by atomic mass is 19.4. The number of carbonyl (C=O) groups is 1. The van der Waals surface area contributed by atoms with E-state index < -0.39 is 17.6 Å². The number of halogens is 3. The second-order valence-electron chi connectivity index (χ2n) is 6.39. The van der Waals surface area contributed by atoms with E-state index in [0.29, 0.717) is 24.9 Å². The summed E-state index contributed by atoms with van der Waals surface area (Å²) in [5.41, 5.74) is -0.930. The quantitative estimate of drug-likeness (QED) is 0.738. The predicted octanol–water partition coefficient (Wildman–Crippen LogP) is 2.45. The predicted molar refractivity (Wildman–Crippen MR) is 99.1 cm³/mol. The van der Waals surface area contributed by atoms with Crippen molar-refractivity contribution in [1.82, 2.24) is 15.3 Å². The second-order valence-corrected chi connectivity index (χ2v) is 6.39. The second kappa shape index (κ2) is 9.08. The Labute approximate surface area is 165 Å². The Morgan fingerprint density at radius 3 is 2.72 bits per heavy atom. The average Bonchev–Trinajstić information content (AvgIpc) is 2.71. The van der Waals surface area contributed by atoms with Gasteiger partial charge in [-0.05, 0) is 25.1 Å². The van der Waals surface area contributed by atoms with Crippen LogP contribution in [-0.2, 0) is 10.9 Å². The van der Waals surface area contributed by atoms with Crippen molar-refractivity contribution in [2.24, 2.45) is 0 Å². The van der Waals surface area contributed by atoms with Crippen LogP contribution in [0.2, 0.25) is 0 Å². The average molecular weight is 410 g/mol. The molecule has 2 heterocycles. The van der Waals surface area contributed by atoms with Crippen molar-refractivity contribution in [2.45, 2.75) is 13.1 Å². The Balaban J connectivity index is 1.53. The normalized spacial score (nSPS) is 14.6. The number of amides is 1. The number of anilines is 1. The molecule has 0 atom stereocenters. The first-order valence-corrected chi connectivity index (χ1v) is 9.09. The van der Waals surface area contributed by atoms with Gasteiger partial charge in [0.25, 0.3) is 5.91 Å². The van der Waals surface area contributed by atoms with Crippen LogP contribution in [0.1, 0.15) is 21.7 Å². The van der Waals surface area contributed by atoms with Crippen LogP contribution in [-0.4, -0.2) is 55.3 Å². The minimum atomic E-state index is -4.50. The molecule has 29 heavy (non-hydrogen) atoms. The molecule has 0 saturated carbocycles. The van der Waals surface area contributed by atoms with E-state index in [-0.39, 0.29) is 18.7 Å². The Bertz CT molecular complexity index is 855. The summed E-state index contributed by atoms with van der Waals surface area (Å²) in [5.74, 6) is 1.06. The van der Waals surface area contributed by atoms with Gasteiger partial charge in [-0.1, -0.05) is 6.07 Å². The minimum Gasteiger partial charge on any atom is -0.476 e. The summed E-state index contributed by atoms with van der Waals surface area (Å²) in [4.78, 5) is 22.8. The van der Waals surface area contributed by atoms with E-state index in [2.05, 4.69) is 20.2 Å². The molecule has 1 aromatic heterocycles. The molecule has 0 bridgehead atoms. The maximum atomic E-state index is 12.8. The van der Waals surface area contributed by atoms with Gasteiger partial charge in [0.15, 0.2) is 0 Å². The van der Waals surface area contributed by atoms with Gasteiger partial charge < -0.3 is 19.7 Å². The summed E-state index contributed by atoms with van der Waals surface area (Å²) in [6.07, 6.45) is -4.50. The number of aromatic nitrogens is 2. The van der Waals surface area contributed by atoms with Crippen molar-refractivity contribution >= 4 is 11.7 Å². The zero-order valence-electron chi connectivity index (χ0n) is 15.8. The Morgan fingerprint density at radius 2 is 2.00 bits per heavy atom. The van der Waals surface area contributed by atoms with Crippen LogP contribution >= 0.6 is 0 Å². The number of alkyl halides is 3. The van der Waals surface area contributed by atoms with Crippen LogP contribution in [0.3, 0.4) is 0 Å². The molecule has 10 heteroatoms. The van der Waals surface area contributed by atoms with Crippen LogP contribution in [0.4, 0.5) is 19.0 Å². The molecule has 1 aromatic carbocycles. The third-order valence-corrected chi connectivity index (χ3v) is 4.23. The van der Waals surface area contributed by atoms with Gasteiger partial charge in [-0.25, -0.2) is 4.98 Å². The molecule has 0 unspecified atom stereocenters. The lowest BCUT2D eigenvalue weighted by Crippen LogP contribution is -2.37. The monoisotopic (exact) mass is 410 g/mol. The number of nitrogens with zero attached hydrogens (tertiary/aromatic N) is 3. The number of hydrogen-bond acceptors (Lipinski definition) is 6. The Morgan fingerprint density at radius 1 is 1.24 bits per heavy atom. The largest absolute Gasteiger partial charge is 0.476 e. The molecule has 1 amide bonds.